The molecule has 0 fully saturated rings. The van der Waals surface area contributed by atoms with E-state index in [4.69, 9.17) is 14.6 Å². The van der Waals surface area contributed by atoms with Gasteiger partial charge in [0.2, 0.25) is 11.1 Å². The first-order valence-electron chi connectivity index (χ1n) is 10.4. The Morgan fingerprint density at radius 3 is 2.69 bits per heavy atom. The van der Waals surface area contributed by atoms with E-state index in [1.54, 1.807) is 22.8 Å². The number of para-hydroxylation sites is 1. The van der Waals surface area contributed by atoms with Crippen LogP contribution in [0.3, 0.4) is 0 Å². The standard InChI is InChI=1S/C23H24N4O4S/c1-5-19(28)26-16-10-8-7-9-15(16)20-21(29)24-23(32-4)25-27(20)22(26)14-11-12-17(30-3)18(13-14)31-6-2/h7-13,22H,5-6H2,1-4H3/p+1. The van der Waals surface area contributed by atoms with Gasteiger partial charge in [0.15, 0.2) is 11.5 Å². The number of thioether (sulfide) groups is 1. The number of nitrogens with zero attached hydrogens (tertiary/aromatic N) is 3. The summed E-state index contributed by atoms with van der Waals surface area (Å²) in [7, 11) is 1.58. The summed E-state index contributed by atoms with van der Waals surface area (Å²) in [6.07, 6.45) is 1.48. The summed E-state index contributed by atoms with van der Waals surface area (Å²) in [6, 6.07) is 12.9. The zero-order chi connectivity index (χ0) is 22.8. The number of carbonyl (C=O) groups is 1. The molecule has 0 aliphatic carbocycles. The number of fused-ring (bicyclic) bond motifs is 3. The van der Waals surface area contributed by atoms with Gasteiger partial charge in [-0.15, -0.1) is 0 Å². The molecule has 1 aliphatic rings. The summed E-state index contributed by atoms with van der Waals surface area (Å²) in [5.41, 5.74) is 2.22. The highest BCUT2D eigenvalue weighted by atomic mass is 32.2. The number of H-pyrrole nitrogens is 1. The molecular formula is C23H25N4O4S+. The first-order valence-corrected chi connectivity index (χ1v) is 11.6. The molecule has 2 aromatic carbocycles. The monoisotopic (exact) mass is 453 g/mol. The fourth-order valence-electron chi connectivity index (χ4n) is 3.93. The molecule has 1 aliphatic heterocycles. The normalized spacial score (nSPS) is 14.5. The van der Waals surface area contributed by atoms with Gasteiger partial charge in [0.25, 0.3) is 6.17 Å². The van der Waals surface area contributed by atoms with Crippen molar-refractivity contribution in [3.8, 4) is 22.8 Å². The number of nitrogens with one attached hydrogen (secondary N) is 1. The molecular weight excluding hydrogens is 428 g/mol. The van der Waals surface area contributed by atoms with E-state index in [1.807, 2.05) is 56.5 Å². The van der Waals surface area contributed by atoms with Crippen molar-refractivity contribution in [1.29, 1.82) is 0 Å². The van der Waals surface area contributed by atoms with E-state index in [2.05, 4.69) is 4.98 Å². The second kappa shape index (κ2) is 9.04. The maximum atomic E-state index is 13.2. The molecule has 0 bridgehead atoms. The second-order valence-corrected chi connectivity index (χ2v) is 7.90. The highest BCUT2D eigenvalue weighted by molar-refractivity contribution is 7.98. The number of aromatic amines is 1. The van der Waals surface area contributed by atoms with Crippen molar-refractivity contribution in [3.05, 3.63) is 58.4 Å². The van der Waals surface area contributed by atoms with Crippen molar-refractivity contribution in [2.24, 2.45) is 0 Å². The van der Waals surface area contributed by atoms with Gasteiger partial charge in [-0.3, -0.25) is 14.6 Å². The predicted octanol–water partition coefficient (Wildman–Crippen LogP) is 3.16. The molecule has 4 rings (SSSR count). The summed E-state index contributed by atoms with van der Waals surface area (Å²) in [5, 5.41) is 5.16. The van der Waals surface area contributed by atoms with Crippen molar-refractivity contribution < 1.29 is 19.0 Å². The molecule has 0 saturated heterocycles. The van der Waals surface area contributed by atoms with Crippen LogP contribution in [0.4, 0.5) is 5.69 Å². The SMILES string of the molecule is CCOc1cc(C2N(C(=O)CC)c3ccccc3-c3c(=O)[nH]c(SC)n[n+]32)ccc1OC. The first kappa shape index (κ1) is 21.9. The van der Waals surface area contributed by atoms with Gasteiger partial charge in [0.05, 0.1) is 25.0 Å². The van der Waals surface area contributed by atoms with E-state index < -0.39 is 6.17 Å². The Hall–Kier alpha value is -3.33. The number of carbonyl (C=O) groups excluding carboxylic acids is 1. The molecule has 0 spiro atoms. The summed E-state index contributed by atoms with van der Waals surface area (Å²) in [5.74, 6) is 1.07. The summed E-state index contributed by atoms with van der Waals surface area (Å²) < 4.78 is 12.8. The van der Waals surface area contributed by atoms with Crippen LogP contribution in [-0.2, 0) is 4.79 Å². The van der Waals surface area contributed by atoms with Crippen molar-refractivity contribution in [2.75, 3.05) is 24.9 Å². The Balaban J connectivity index is 2.04. The van der Waals surface area contributed by atoms with Crippen LogP contribution in [0, 0.1) is 0 Å². The minimum atomic E-state index is -0.661. The number of aromatic nitrogens is 3. The van der Waals surface area contributed by atoms with Crippen LogP contribution in [0.15, 0.2) is 52.4 Å². The minimum absolute atomic E-state index is 0.0813. The number of rotatable bonds is 6. The topological polar surface area (TPSA) is 88.4 Å². The molecule has 3 aromatic rings. The predicted molar refractivity (Wildman–Crippen MR) is 122 cm³/mol. The number of ether oxygens (including phenoxy) is 2. The average Bonchev–Trinajstić information content (AvgIpc) is 2.82. The molecule has 8 nitrogen and oxygen atoms in total. The lowest BCUT2D eigenvalue weighted by Crippen LogP contribution is -2.60. The Labute approximate surface area is 190 Å². The number of amides is 1. The van der Waals surface area contributed by atoms with Gasteiger partial charge in [-0.1, -0.05) is 30.8 Å². The molecule has 1 aromatic heterocycles. The van der Waals surface area contributed by atoms with Crippen LogP contribution in [0.25, 0.3) is 11.3 Å². The zero-order valence-electron chi connectivity index (χ0n) is 18.4. The maximum Gasteiger partial charge on any atom is 0.325 e. The van der Waals surface area contributed by atoms with Gasteiger partial charge < -0.3 is 9.47 Å². The Bertz CT molecular complexity index is 1230. The minimum Gasteiger partial charge on any atom is -0.493 e. The van der Waals surface area contributed by atoms with Crippen LogP contribution >= 0.6 is 11.8 Å². The fraction of sp³-hybridized carbons (Fsp3) is 0.304. The van der Waals surface area contributed by atoms with Gasteiger partial charge in [-0.2, -0.15) is 0 Å². The van der Waals surface area contributed by atoms with Gasteiger partial charge in [0.1, 0.15) is 0 Å². The summed E-state index contributed by atoms with van der Waals surface area (Å²) in [4.78, 5) is 30.9. The van der Waals surface area contributed by atoms with Crippen molar-refractivity contribution in [3.63, 3.8) is 0 Å². The second-order valence-electron chi connectivity index (χ2n) is 7.11. The zero-order valence-corrected chi connectivity index (χ0v) is 19.2. The first-order chi connectivity index (χ1) is 15.5. The van der Waals surface area contributed by atoms with Crippen molar-refractivity contribution in [1.82, 2.24) is 10.1 Å². The largest absolute Gasteiger partial charge is 0.493 e. The maximum absolute atomic E-state index is 13.2. The summed E-state index contributed by atoms with van der Waals surface area (Å²) in [6.45, 7) is 4.18. The van der Waals surface area contributed by atoms with Gasteiger partial charge in [-0.25, -0.2) is 4.90 Å². The molecule has 0 radical (unpaired) electrons. The number of anilines is 1. The van der Waals surface area contributed by atoms with Crippen LogP contribution in [0.1, 0.15) is 32.0 Å². The molecule has 1 amide bonds. The molecule has 1 unspecified atom stereocenters. The number of methoxy groups -OCH3 is 1. The van der Waals surface area contributed by atoms with Gasteiger partial charge in [-0.05, 0) is 48.2 Å². The highest BCUT2D eigenvalue weighted by Crippen LogP contribution is 2.39. The smallest absolute Gasteiger partial charge is 0.325 e. The van der Waals surface area contributed by atoms with Crippen LogP contribution in [0.2, 0.25) is 0 Å². The van der Waals surface area contributed by atoms with E-state index in [0.29, 0.717) is 46.6 Å². The highest BCUT2D eigenvalue weighted by Gasteiger charge is 2.45. The average molecular weight is 454 g/mol. The Morgan fingerprint density at radius 1 is 1.22 bits per heavy atom. The fourth-order valence-corrected chi connectivity index (χ4v) is 4.29. The van der Waals surface area contributed by atoms with E-state index in [-0.39, 0.29) is 11.5 Å². The number of hydrogen-bond acceptors (Lipinski definition) is 6. The van der Waals surface area contributed by atoms with E-state index in [0.717, 1.165) is 5.56 Å². The number of benzene rings is 2. The summed E-state index contributed by atoms with van der Waals surface area (Å²) >= 11 is 1.33. The van der Waals surface area contributed by atoms with Crippen LogP contribution in [0.5, 0.6) is 11.5 Å². The molecule has 0 saturated carbocycles. The number of hydrogen-bond donors (Lipinski definition) is 1. The quantitative estimate of drug-likeness (QED) is 0.456. The third-order valence-corrected chi connectivity index (χ3v) is 5.88. The molecule has 9 heteroatoms. The van der Waals surface area contributed by atoms with E-state index in [9.17, 15) is 9.59 Å². The van der Waals surface area contributed by atoms with Gasteiger partial charge >= 0.3 is 11.3 Å². The van der Waals surface area contributed by atoms with Crippen LogP contribution < -0.4 is 24.6 Å². The van der Waals surface area contributed by atoms with Crippen LogP contribution in [-0.4, -0.2) is 36.0 Å². The van der Waals surface area contributed by atoms with Crippen molar-refractivity contribution >= 4 is 23.4 Å². The molecule has 166 valence electrons. The molecule has 32 heavy (non-hydrogen) atoms. The molecule has 1 N–H and O–H groups in total. The lowest BCUT2D eigenvalue weighted by Gasteiger charge is -2.32. The third-order valence-electron chi connectivity index (χ3n) is 5.31. The van der Waals surface area contributed by atoms with E-state index >= 15 is 0 Å². The Kier molecular flexibility index (Phi) is 6.18. The van der Waals surface area contributed by atoms with Gasteiger partial charge in [0, 0.05) is 17.1 Å². The molecule has 2 heterocycles. The molecule has 1 atom stereocenters. The third kappa shape index (κ3) is 3.62. The lowest BCUT2D eigenvalue weighted by molar-refractivity contribution is -0.763. The van der Waals surface area contributed by atoms with Crippen molar-refractivity contribution in [2.45, 2.75) is 31.6 Å². The Morgan fingerprint density at radius 2 is 2.00 bits per heavy atom. The van der Waals surface area contributed by atoms with E-state index in [1.165, 1.54) is 11.8 Å². The lowest BCUT2D eigenvalue weighted by atomic mass is 10.0.